The number of aromatic carboxylic acids is 1. The van der Waals surface area contributed by atoms with Gasteiger partial charge in [0.15, 0.2) is 0 Å². The summed E-state index contributed by atoms with van der Waals surface area (Å²) < 4.78 is 1.95. The maximum Gasteiger partial charge on any atom is 0.335 e. The number of carbonyl (C=O) groups is 1. The smallest absolute Gasteiger partial charge is 0.335 e. The second-order valence-electron chi connectivity index (χ2n) is 4.46. The van der Waals surface area contributed by atoms with Crippen LogP contribution in [0.1, 0.15) is 15.9 Å². The highest BCUT2D eigenvalue weighted by atomic mass is 16.4. The highest BCUT2D eigenvalue weighted by Crippen LogP contribution is 2.21. The number of carboxylic acids is 1. The molecule has 3 rings (SSSR count). The zero-order valence-electron chi connectivity index (χ0n) is 10.4. The van der Waals surface area contributed by atoms with E-state index in [0.29, 0.717) is 5.56 Å². The van der Waals surface area contributed by atoms with Crippen molar-refractivity contribution in [1.82, 2.24) is 9.55 Å². The van der Waals surface area contributed by atoms with Crippen molar-refractivity contribution in [2.24, 2.45) is 0 Å². The molecule has 0 aliphatic rings. The lowest BCUT2D eigenvalue weighted by molar-refractivity contribution is 0.0697. The molecule has 4 heteroatoms. The quantitative estimate of drug-likeness (QED) is 0.762. The van der Waals surface area contributed by atoms with Gasteiger partial charge < -0.3 is 9.67 Å². The van der Waals surface area contributed by atoms with Gasteiger partial charge in [-0.05, 0) is 48.9 Å². The highest BCUT2D eigenvalue weighted by molar-refractivity contribution is 5.94. The maximum absolute atomic E-state index is 10.9. The standard InChI is InChI=1S/C15H12N2O2/c1-10-4-6-16-14(8-10)17-7-5-11-9-12(15(18)19)2-3-13(11)17/h2-9H,1H3,(H,18,19). The van der Waals surface area contributed by atoms with Gasteiger partial charge in [0.05, 0.1) is 11.1 Å². The summed E-state index contributed by atoms with van der Waals surface area (Å²) in [5, 5.41) is 9.88. The van der Waals surface area contributed by atoms with E-state index in [1.165, 1.54) is 0 Å². The molecule has 0 aliphatic carbocycles. The van der Waals surface area contributed by atoms with Crippen molar-refractivity contribution in [2.45, 2.75) is 6.92 Å². The highest BCUT2D eigenvalue weighted by Gasteiger charge is 2.08. The van der Waals surface area contributed by atoms with Gasteiger partial charge in [0.25, 0.3) is 0 Å². The van der Waals surface area contributed by atoms with Crippen LogP contribution >= 0.6 is 0 Å². The number of pyridine rings is 1. The normalized spacial score (nSPS) is 10.8. The Hall–Kier alpha value is -2.62. The Morgan fingerprint density at radius 2 is 2.05 bits per heavy atom. The third-order valence-corrected chi connectivity index (χ3v) is 3.09. The van der Waals surface area contributed by atoms with Crippen LogP contribution in [0.4, 0.5) is 0 Å². The Bertz CT molecular complexity index is 775. The number of hydrogen-bond donors (Lipinski definition) is 1. The van der Waals surface area contributed by atoms with Crippen molar-refractivity contribution >= 4 is 16.9 Å². The van der Waals surface area contributed by atoms with Gasteiger partial charge in [0.1, 0.15) is 5.82 Å². The van der Waals surface area contributed by atoms with Crippen LogP contribution < -0.4 is 0 Å². The minimum absolute atomic E-state index is 0.294. The minimum Gasteiger partial charge on any atom is -0.478 e. The molecule has 1 aromatic carbocycles. The molecular formula is C15H12N2O2. The number of nitrogens with zero attached hydrogens (tertiary/aromatic N) is 2. The van der Waals surface area contributed by atoms with Crippen LogP contribution in [-0.4, -0.2) is 20.6 Å². The second kappa shape index (κ2) is 4.24. The lowest BCUT2D eigenvalue weighted by Gasteiger charge is -2.05. The van der Waals surface area contributed by atoms with Gasteiger partial charge in [-0.2, -0.15) is 0 Å². The third kappa shape index (κ3) is 1.97. The zero-order valence-corrected chi connectivity index (χ0v) is 10.4. The first-order valence-electron chi connectivity index (χ1n) is 5.92. The van der Waals surface area contributed by atoms with Crippen LogP contribution in [0.3, 0.4) is 0 Å². The summed E-state index contributed by atoms with van der Waals surface area (Å²) in [5.74, 6) is -0.0820. The van der Waals surface area contributed by atoms with Gasteiger partial charge >= 0.3 is 5.97 Å². The van der Waals surface area contributed by atoms with E-state index >= 15 is 0 Å². The van der Waals surface area contributed by atoms with E-state index in [1.807, 2.05) is 42.0 Å². The fourth-order valence-electron chi connectivity index (χ4n) is 2.13. The molecule has 2 aromatic heterocycles. The van der Waals surface area contributed by atoms with Gasteiger partial charge in [0, 0.05) is 17.8 Å². The van der Waals surface area contributed by atoms with Crippen LogP contribution in [0.15, 0.2) is 48.8 Å². The van der Waals surface area contributed by atoms with Gasteiger partial charge in [-0.25, -0.2) is 9.78 Å². The molecule has 0 bridgehead atoms. The van der Waals surface area contributed by atoms with E-state index in [2.05, 4.69) is 4.98 Å². The molecule has 0 spiro atoms. The molecule has 19 heavy (non-hydrogen) atoms. The molecule has 0 fully saturated rings. The second-order valence-corrected chi connectivity index (χ2v) is 4.46. The topological polar surface area (TPSA) is 55.1 Å². The molecule has 0 saturated carbocycles. The summed E-state index contributed by atoms with van der Waals surface area (Å²) >= 11 is 0. The molecule has 0 radical (unpaired) electrons. The molecule has 4 nitrogen and oxygen atoms in total. The Labute approximate surface area is 109 Å². The molecular weight excluding hydrogens is 240 g/mol. The monoisotopic (exact) mass is 252 g/mol. The number of rotatable bonds is 2. The van der Waals surface area contributed by atoms with E-state index in [4.69, 9.17) is 5.11 Å². The first kappa shape index (κ1) is 11.5. The minimum atomic E-state index is -0.914. The predicted octanol–water partition coefficient (Wildman–Crippen LogP) is 3.03. The van der Waals surface area contributed by atoms with Crippen LogP contribution in [0.25, 0.3) is 16.7 Å². The van der Waals surface area contributed by atoms with Crippen LogP contribution in [0.2, 0.25) is 0 Å². The van der Waals surface area contributed by atoms with Crippen molar-refractivity contribution in [3.63, 3.8) is 0 Å². The number of hydrogen-bond acceptors (Lipinski definition) is 2. The van der Waals surface area contributed by atoms with Crippen molar-refractivity contribution in [1.29, 1.82) is 0 Å². The van der Waals surface area contributed by atoms with Crippen molar-refractivity contribution in [3.8, 4) is 5.82 Å². The van der Waals surface area contributed by atoms with Crippen LogP contribution in [0, 0.1) is 6.92 Å². The van der Waals surface area contributed by atoms with Crippen LogP contribution in [-0.2, 0) is 0 Å². The van der Waals surface area contributed by atoms with E-state index in [-0.39, 0.29) is 0 Å². The average molecular weight is 252 g/mol. The van der Waals surface area contributed by atoms with Crippen molar-refractivity contribution < 1.29 is 9.90 Å². The number of aromatic nitrogens is 2. The molecule has 0 atom stereocenters. The lowest BCUT2D eigenvalue weighted by atomic mass is 10.1. The summed E-state index contributed by atoms with van der Waals surface area (Å²) in [5.41, 5.74) is 2.37. The molecule has 94 valence electrons. The van der Waals surface area contributed by atoms with Crippen LogP contribution in [0.5, 0.6) is 0 Å². The van der Waals surface area contributed by atoms with E-state index in [0.717, 1.165) is 22.3 Å². The molecule has 2 heterocycles. The fraction of sp³-hybridized carbons (Fsp3) is 0.0667. The Balaban J connectivity index is 2.18. The lowest BCUT2D eigenvalue weighted by Crippen LogP contribution is -1.97. The maximum atomic E-state index is 10.9. The van der Waals surface area contributed by atoms with Crippen molar-refractivity contribution in [3.05, 3.63) is 59.9 Å². The SMILES string of the molecule is Cc1ccnc(-n2ccc3cc(C(=O)O)ccc32)c1. The summed E-state index contributed by atoms with van der Waals surface area (Å²) in [7, 11) is 0. The van der Waals surface area contributed by atoms with Crippen molar-refractivity contribution in [2.75, 3.05) is 0 Å². The molecule has 0 saturated heterocycles. The molecule has 1 N–H and O–H groups in total. The summed E-state index contributed by atoms with van der Waals surface area (Å²) in [6.45, 7) is 2.01. The third-order valence-electron chi connectivity index (χ3n) is 3.09. The van der Waals surface area contributed by atoms with E-state index in [9.17, 15) is 4.79 Å². The summed E-state index contributed by atoms with van der Waals surface area (Å²) in [4.78, 5) is 15.3. The van der Waals surface area contributed by atoms with E-state index in [1.54, 1.807) is 18.3 Å². The molecule has 0 unspecified atom stereocenters. The van der Waals surface area contributed by atoms with Gasteiger partial charge in [-0.15, -0.1) is 0 Å². The van der Waals surface area contributed by atoms with E-state index < -0.39 is 5.97 Å². The predicted molar refractivity (Wildman–Crippen MR) is 72.8 cm³/mol. The van der Waals surface area contributed by atoms with Gasteiger partial charge in [-0.1, -0.05) is 0 Å². The number of aryl methyl sites for hydroxylation is 1. The first-order chi connectivity index (χ1) is 9.15. The first-order valence-corrected chi connectivity index (χ1v) is 5.92. The molecule has 3 aromatic rings. The molecule has 0 aliphatic heterocycles. The number of benzene rings is 1. The van der Waals surface area contributed by atoms with Gasteiger partial charge in [-0.3, -0.25) is 0 Å². The number of fused-ring (bicyclic) bond motifs is 1. The molecule has 0 amide bonds. The average Bonchev–Trinajstić information content (AvgIpc) is 2.81. The zero-order chi connectivity index (χ0) is 13.4. The Kier molecular flexibility index (Phi) is 2.56. The largest absolute Gasteiger partial charge is 0.478 e. The Morgan fingerprint density at radius 1 is 1.21 bits per heavy atom. The Morgan fingerprint density at radius 3 is 2.79 bits per heavy atom. The fourth-order valence-corrected chi connectivity index (χ4v) is 2.13. The summed E-state index contributed by atoms with van der Waals surface area (Å²) in [6.07, 6.45) is 3.67. The number of carboxylic acid groups (broad SMARTS) is 1. The van der Waals surface area contributed by atoms with Gasteiger partial charge in [0.2, 0.25) is 0 Å². The summed E-state index contributed by atoms with van der Waals surface area (Å²) in [6, 6.07) is 10.9.